The van der Waals surface area contributed by atoms with Gasteiger partial charge in [-0.05, 0) is 18.6 Å². The van der Waals surface area contributed by atoms with Crippen LogP contribution in [0.3, 0.4) is 0 Å². The van der Waals surface area contributed by atoms with E-state index in [0.29, 0.717) is 23.0 Å². The van der Waals surface area contributed by atoms with Gasteiger partial charge < -0.3 is 0 Å². The molecule has 0 unspecified atom stereocenters. The number of nitrogens with one attached hydrogen (secondary N) is 1. The largest absolute Gasteiger partial charge is 0.296 e. The number of nitrogens with zero attached hydrogens (tertiary/aromatic N) is 4. The minimum Gasteiger partial charge on any atom is -0.296 e. The number of carbonyl (C=O) groups excluding carboxylic acids is 1. The molecule has 124 valence electrons. The second-order valence-corrected chi connectivity index (χ2v) is 6.67. The lowest BCUT2D eigenvalue weighted by Crippen LogP contribution is -2.14. The van der Waals surface area contributed by atoms with Crippen molar-refractivity contribution in [2.75, 3.05) is 5.32 Å². The van der Waals surface area contributed by atoms with Gasteiger partial charge in [0.1, 0.15) is 5.01 Å². The summed E-state index contributed by atoms with van der Waals surface area (Å²) in [5, 5.41) is 16.7. The monoisotopic (exact) mass is 341 g/mol. The van der Waals surface area contributed by atoms with Crippen LogP contribution in [-0.2, 0) is 6.42 Å². The van der Waals surface area contributed by atoms with E-state index in [4.69, 9.17) is 0 Å². The van der Waals surface area contributed by atoms with Crippen LogP contribution >= 0.6 is 11.3 Å². The van der Waals surface area contributed by atoms with Crippen LogP contribution in [0.15, 0.2) is 36.5 Å². The topological polar surface area (TPSA) is 72.7 Å². The summed E-state index contributed by atoms with van der Waals surface area (Å²) in [4.78, 5) is 12.6. The first-order valence-electron chi connectivity index (χ1n) is 7.87. The maximum atomic E-state index is 12.6. The van der Waals surface area contributed by atoms with E-state index in [1.165, 1.54) is 11.3 Å². The Kier molecular flexibility index (Phi) is 4.71. The van der Waals surface area contributed by atoms with Crippen molar-refractivity contribution in [3.05, 3.63) is 52.8 Å². The third-order valence-corrected chi connectivity index (χ3v) is 4.74. The average molecular weight is 341 g/mol. The lowest BCUT2D eigenvalue weighted by molar-refractivity contribution is 0.102. The SMILES string of the molecule is CCc1c(C(=O)Nc2nnc(C(C)C)s2)cnn1-c1ccccc1. The number of aromatic nitrogens is 4. The molecule has 1 N–H and O–H groups in total. The summed E-state index contributed by atoms with van der Waals surface area (Å²) in [7, 11) is 0. The molecule has 2 aromatic heterocycles. The van der Waals surface area contributed by atoms with E-state index in [0.717, 1.165) is 16.4 Å². The van der Waals surface area contributed by atoms with E-state index in [9.17, 15) is 4.79 Å². The number of benzene rings is 1. The summed E-state index contributed by atoms with van der Waals surface area (Å²) in [6.45, 7) is 6.10. The molecule has 0 aliphatic heterocycles. The Morgan fingerprint density at radius 1 is 1.25 bits per heavy atom. The first-order valence-corrected chi connectivity index (χ1v) is 8.68. The molecule has 0 aliphatic carbocycles. The zero-order valence-electron chi connectivity index (χ0n) is 13.9. The molecule has 0 atom stereocenters. The van der Waals surface area contributed by atoms with Crippen molar-refractivity contribution < 1.29 is 4.79 Å². The Hall–Kier alpha value is -2.54. The predicted molar refractivity (Wildman–Crippen MR) is 94.9 cm³/mol. The number of carbonyl (C=O) groups is 1. The van der Waals surface area contributed by atoms with Gasteiger partial charge in [0.2, 0.25) is 5.13 Å². The standard InChI is InChI=1S/C17H19N5OS/c1-4-14-13(10-18-22(14)12-8-6-5-7-9-12)15(23)19-17-21-20-16(24-17)11(2)3/h5-11H,4H2,1-3H3,(H,19,21,23). The van der Waals surface area contributed by atoms with E-state index < -0.39 is 0 Å². The van der Waals surface area contributed by atoms with Crippen molar-refractivity contribution in [3.63, 3.8) is 0 Å². The third kappa shape index (κ3) is 3.21. The quantitative estimate of drug-likeness (QED) is 0.768. The van der Waals surface area contributed by atoms with Crippen LogP contribution in [0.1, 0.15) is 47.7 Å². The van der Waals surface area contributed by atoms with Crippen LogP contribution in [0.25, 0.3) is 5.69 Å². The van der Waals surface area contributed by atoms with Gasteiger partial charge in [-0.2, -0.15) is 5.10 Å². The smallest absolute Gasteiger partial charge is 0.260 e. The number of anilines is 1. The Bertz CT molecular complexity index is 838. The summed E-state index contributed by atoms with van der Waals surface area (Å²) in [5.74, 6) is 0.0840. The molecule has 7 heteroatoms. The molecule has 0 bridgehead atoms. The van der Waals surface area contributed by atoms with Gasteiger partial charge in [0, 0.05) is 5.92 Å². The number of rotatable bonds is 5. The molecule has 0 saturated carbocycles. The highest BCUT2D eigenvalue weighted by Gasteiger charge is 2.19. The molecule has 1 aromatic carbocycles. The fourth-order valence-corrected chi connectivity index (χ4v) is 3.12. The summed E-state index contributed by atoms with van der Waals surface area (Å²) in [6, 6.07) is 9.78. The molecule has 3 rings (SSSR count). The van der Waals surface area contributed by atoms with Crippen molar-refractivity contribution in [2.45, 2.75) is 33.1 Å². The maximum Gasteiger partial charge on any atom is 0.260 e. The minimum atomic E-state index is -0.208. The van der Waals surface area contributed by atoms with Crippen molar-refractivity contribution in [1.29, 1.82) is 0 Å². The Balaban J connectivity index is 1.86. The molecule has 0 aliphatic rings. The molecule has 3 aromatic rings. The molecular formula is C17H19N5OS. The minimum absolute atomic E-state index is 0.208. The molecule has 1 amide bonds. The molecule has 0 radical (unpaired) electrons. The van der Waals surface area contributed by atoms with E-state index in [-0.39, 0.29) is 5.91 Å². The lowest BCUT2D eigenvalue weighted by atomic mass is 10.2. The predicted octanol–water partition coefficient (Wildman–Crippen LogP) is 3.66. The molecular weight excluding hydrogens is 322 g/mol. The number of para-hydroxylation sites is 1. The molecule has 2 heterocycles. The highest BCUT2D eigenvalue weighted by atomic mass is 32.1. The van der Waals surface area contributed by atoms with Gasteiger partial charge in [-0.15, -0.1) is 10.2 Å². The number of hydrogen-bond donors (Lipinski definition) is 1. The van der Waals surface area contributed by atoms with Gasteiger partial charge in [-0.1, -0.05) is 50.3 Å². The van der Waals surface area contributed by atoms with Crippen LogP contribution in [0.2, 0.25) is 0 Å². The normalized spacial score (nSPS) is 11.0. The first-order chi connectivity index (χ1) is 11.6. The zero-order chi connectivity index (χ0) is 17.1. The van der Waals surface area contributed by atoms with E-state index in [1.54, 1.807) is 10.9 Å². The average Bonchev–Trinajstić information content (AvgIpc) is 3.22. The van der Waals surface area contributed by atoms with Gasteiger partial charge in [-0.25, -0.2) is 4.68 Å². The van der Waals surface area contributed by atoms with E-state index in [2.05, 4.69) is 20.6 Å². The maximum absolute atomic E-state index is 12.6. The second kappa shape index (κ2) is 6.92. The van der Waals surface area contributed by atoms with Crippen LogP contribution in [-0.4, -0.2) is 25.9 Å². The van der Waals surface area contributed by atoms with Crippen LogP contribution in [0.5, 0.6) is 0 Å². The van der Waals surface area contributed by atoms with Crippen LogP contribution in [0.4, 0.5) is 5.13 Å². The van der Waals surface area contributed by atoms with Gasteiger partial charge in [0.05, 0.1) is 23.1 Å². The summed E-state index contributed by atoms with van der Waals surface area (Å²) >= 11 is 1.40. The Labute approximate surface area is 144 Å². The fraction of sp³-hybridized carbons (Fsp3) is 0.294. The van der Waals surface area contributed by atoms with Gasteiger partial charge in [0.15, 0.2) is 0 Å². The highest BCUT2D eigenvalue weighted by molar-refractivity contribution is 7.15. The van der Waals surface area contributed by atoms with Gasteiger partial charge in [-0.3, -0.25) is 10.1 Å². The first kappa shape index (κ1) is 16.3. The van der Waals surface area contributed by atoms with Crippen molar-refractivity contribution >= 4 is 22.4 Å². The highest BCUT2D eigenvalue weighted by Crippen LogP contribution is 2.23. The van der Waals surface area contributed by atoms with E-state index >= 15 is 0 Å². The Morgan fingerprint density at radius 2 is 2.00 bits per heavy atom. The Morgan fingerprint density at radius 3 is 2.62 bits per heavy atom. The second-order valence-electron chi connectivity index (χ2n) is 5.66. The number of hydrogen-bond acceptors (Lipinski definition) is 5. The molecule has 0 fully saturated rings. The molecule has 24 heavy (non-hydrogen) atoms. The summed E-state index contributed by atoms with van der Waals surface area (Å²) in [5.41, 5.74) is 2.36. The molecule has 0 saturated heterocycles. The van der Waals surface area contributed by atoms with Crippen molar-refractivity contribution in [3.8, 4) is 5.69 Å². The summed E-state index contributed by atoms with van der Waals surface area (Å²) < 4.78 is 1.80. The van der Waals surface area contributed by atoms with Crippen LogP contribution < -0.4 is 5.32 Å². The zero-order valence-corrected chi connectivity index (χ0v) is 14.7. The summed E-state index contributed by atoms with van der Waals surface area (Å²) in [6.07, 6.45) is 2.30. The molecule has 0 spiro atoms. The van der Waals surface area contributed by atoms with E-state index in [1.807, 2.05) is 51.1 Å². The van der Waals surface area contributed by atoms with Crippen LogP contribution in [0, 0.1) is 0 Å². The van der Waals surface area contributed by atoms with Gasteiger partial charge >= 0.3 is 0 Å². The number of amides is 1. The fourth-order valence-electron chi connectivity index (χ4n) is 2.38. The van der Waals surface area contributed by atoms with Crippen molar-refractivity contribution in [2.24, 2.45) is 0 Å². The van der Waals surface area contributed by atoms with Gasteiger partial charge in [0.25, 0.3) is 5.91 Å². The lowest BCUT2D eigenvalue weighted by Gasteiger charge is -2.07. The molecule has 6 nitrogen and oxygen atoms in total. The van der Waals surface area contributed by atoms with Crippen molar-refractivity contribution in [1.82, 2.24) is 20.0 Å². The third-order valence-electron chi connectivity index (χ3n) is 3.60.